The summed E-state index contributed by atoms with van der Waals surface area (Å²) < 4.78 is 16.6. The smallest absolute Gasteiger partial charge is 0.338 e. The molecule has 0 N–H and O–H groups in total. The molecule has 0 heterocycles. The number of rotatable bonds is 11. The van der Waals surface area contributed by atoms with Crippen LogP contribution in [0.25, 0.3) is 22.3 Å². The lowest BCUT2D eigenvalue weighted by Crippen LogP contribution is -2.16. The summed E-state index contributed by atoms with van der Waals surface area (Å²) in [5.74, 6) is -0.199. The van der Waals surface area contributed by atoms with Crippen LogP contribution in [0.1, 0.15) is 47.0 Å². The van der Waals surface area contributed by atoms with Crippen molar-refractivity contribution in [1.29, 1.82) is 0 Å². The van der Waals surface area contributed by atoms with E-state index in [9.17, 15) is 14.4 Å². The Morgan fingerprint density at radius 3 is 1.69 bits per heavy atom. The SMILES string of the molecule is C=C(CC)C(=O)Oc1ccc(-c2ccc(-c3ccc(OC(=O)C(C)CC)cc3)cc2OC(=O)C(=C)CC)cc1. The third kappa shape index (κ3) is 7.54. The highest BCUT2D eigenvalue weighted by Crippen LogP contribution is 2.36. The molecule has 0 bridgehead atoms. The lowest BCUT2D eigenvalue weighted by Gasteiger charge is -2.14. The van der Waals surface area contributed by atoms with Gasteiger partial charge in [-0.2, -0.15) is 0 Å². The Balaban J connectivity index is 1.91. The molecular formula is C33H34O6. The van der Waals surface area contributed by atoms with Crippen molar-refractivity contribution in [2.75, 3.05) is 0 Å². The zero-order chi connectivity index (χ0) is 28.5. The van der Waals surface area contributed by atoms with E-state index in [4.69, 9.17) is 14.2 Å². The summed E-state index contributed by atoms with van der Waals surface area (Å²) >= 11 is 0. The first-order chi connectivity index (χ1) is 18.7. The van der Waals surface area contributed by atoms with Gasteiger partial charge in [0.15, 0.2) is 0 Å². The van der Waals surface area contributed by atoms with Gasteiger partial charge >= 0.3 is 17.9 Å². The molecule has 3 aromatic rings. The Hall–Kier alpha value is -4.45. The summed E-state index contributed by atoms with van der Waals surface area (Å²) in [5, 5.41) is 0. The van der Waals surface area contributed by atoms with Crippen molar-refractivity contribution in [2.45, 2.75) is 47.0 Å². The third-order valence-electron chi connectivity index (χ3n) is 6.41. The van der Waals surface area contributed by atoms with Gasteiger partial charge in [0, 0.05) is 16.7 Å². The summed E-state index contributed by atoms with van der Waals surface area (Å²) in [6.45, 7) is 14.9. The minimum atomic E-state index is -0.508. The molecule has 6 heteroatoms. The molecule has 0 saturated heterocycles. The average molecular weight is 527 g/mol. The summed E-state index contributed by atoms with van der Waals surface area (Å²) in [4.78, 5) is 36.8. The van der Waals surface area contributed by atoms with Crippen molar-refractivity contribution < 1.29 is 28.6 Å². The molecule has 1 unspecified atom stereocenters. The van der Waals surface area contributed by atoms with Gasteiger partial charge in [-0.3, -0.25) is 4.79 Å². The number of hydrogen-bond donors (Lipinski definition) is 0. The van der Waals surface area contributed by atoms with E-state index in [0.717, 1.165) is 16.7 Å². The van der Waals surface area contributed by atoms with Crippen molar-refractivity contribution in [3.05, 3.63) is 91.0 Å². The van der Waals surface area contributed by atoms with Crippen molar-refractivity contribution in [2.24, 2.45) is 5.92 Å². The Kier molecular flexibility index (Phi) is 9.98. The van der Waals surface area contributed by atoms with E-state index in [1.165, 1.54) is 0 Å². The fourth-order valence-electron chi connectivity index (χ4n) is 3.47. The highest BCUT2D eigenvalue weighted by molar-refractivity contribution is 5.91. The van der Waals surface area contributed by atoms with Crippen LogP contribution < -0.4 is 14.2 Å². The van der Waals surface area contributed by atoms with Crippen molar-refractivity contribution >= 4 is 17.9 Å². The molecule has 202 valence electrons. The van der Waals surface area contributed by atoms with Crippen molar-refractivity contribution in [3.8, 4) is 39.5 Å². The Labute approximate surface area is 229 Å². The lowest BCUT2D eigenvalue weighted by atomic mass is 9.99. The number of carbonyl (C=O) groups is 3. The van der Waals surface area contributed by atoms with Crippen LogP contribution in [0.4, 0.5) is 0 Å². The van der Waals surface area contributed by atoms with Gasteiger partial charge in [0.2, 0.25) is 0 Å². The maximum atomic E-state index is 12.6. The van der Waals surface area contributed by atoms with Gasteiger partial charge < -0.3 is 14.2 Å². The lowest BCUT2D eigenvalue weighted by molar-refractivity contribution is -0.138. The number of benzene rings is 3. The second-order valence-corrected chi connectivity index (χ2v) is 9.18. The van der Waals surface area contributed by atoms with Crippen molar-refractivity contribution in [3.63, 3.8) is 0 Å². The fraction of sp³-hybridized carbons (Fsp3) is 0.242. The summed E-state index contributed by atoms with van der Waals surface area (Å²) in [5.41, 5.74) is 3.87. The second-order valence-electron chi connectivity index (χ2n) is 9.18. The van der Waals surface area contributed by atoms with Crippen LogP contribution in [0.15, 0.2) is 91.0 Å². The molecular weight excluding hydrogens is 492 g/mol. The van der Waals surface area contributed by atoms with Gasteiger partial charge in [-0.1, -0.05) is 77.3 Å². The van der Waals surface area contributed by atoms with Crippen LogP contribution >= 0.6 is 0 Å². The van der Waals surface area contributed by atoms with E-state index in [0.29, 0.717) is 53.2 Å². The molecule has 0 saturated carbocycles. The molecule has 0 aliphatic heterocycles. The Morgan fingerprint density at radius 2 is 1.15 bits per heavy atom. The molecule has 0 radical (unpaired) electrons. The molecule has 39 heavy (non-hydrogen) atoms. The largest absolute Gasteiger partial charge is 0.426 e. The predicted molar refractivity (Wildman–Crippen MR) is 153 cm³/mol. The van der Waals surface area contributed by atoms with Crippen LogP contribution in [0.5, 0.6) is 17.2 Å². The summed E-state index contributed by atoms with van der Waals surface area (Å²) in [7, 11) is 0. The van der Waals surface area contributed by atoms with Gasteiger partial charge in [0.1, 0.15) is 17.2 Å². The number of hydrogen-bond acceptors (Lipinski definition) is 6. The maximum Gasteiger partial charge on any atom is 0.338 e. The molecule has 0 amide bonds. The van der Waals surface area contributed by atoms with E-state index >= 15 is 0 Å². The van der Waals surface area contributed by atoms with Crippen molar-refractivity contribution in [1.82, 2.24) is 0 Å². The van der Waals surface area contributed by atoms with Gasteiger partial charge in [-0.05, 0) is 66.3 Å². The second kappa shape index (κ2) is 13.4. The first-order valence-corrected chi connectivity index (χ1v) is 13.0. The first-order valence-electron chi connectivity index (χ1n) is 13.0. The average Bonchev–Trinajstić information content (AvgIpc) is 2.96. The zero-order valence-electron chi connectivity index (χ0n) is 22.9. The molecule has 0 aliphatic rings. The zero-order valence-corrected chi connectivity index (χ0v) is 22.9. The normalized spacial score (nSPS) is 11.3. The summed E-state index contributed by atoms with van der Waals surface area (Å²) in [6, 6.07) is 19.7. The quantitative estimate of drug-likeness (QED) is 0.145. The molecule has 0 fully saturated rings. The highest BCUT2D eigenvalue weighted by atomic mass is 16.5. The molecule has 1 atom stereocenters. The van der Waals surface area contributed by atoms with Crippen LogP contribution in [0.2, 0.25) is 0 Å². The number of carbonyl (C=O) groups excluding carboxylic acids is 3. The predicted octanol–water partition coefficient (Wildman–Crippen LogP) is 7.72. The fourth-order valence-corrected chi connectivity index (χ4v) is 3.47. The van der Waals surface area contributed by atoms with Gasteiger partial charge in [0.05, 0.1) is 5.92 Å². The highest BCUT2D eigenvalue weighted by Gasteiger charge is 2.16. The molecule has 0 spiro atoms. The number of ether oxygens (including phenoxy) is 3. The van der Waals surface area contributed by atoms with E-state index < -0.39 is 11.9 Å². The number of esters is 3. The first kappa shape index (κ1) is 29.1. The van der Waals surface area contributed by atoms with Crippen LogP contribution in [-0.2, 0) is 14.4 Å². The minimum Gasteiger partial charge on any atom is -0.426 e. The Bertz CT molecular complexity index is 1370. The van der Waals surface area contributed by atoms with E-state index in [1.54, 1.807) is 42.5 Å². The van der Waals surface area contributed by atoms with Crippen LogP contribution in [0.3, 0.4) is 0 Å². The minimum absolute atomic E-state index is 0.177. The van der Waals surface area contributed by atoms with E-state index in [2.05, 4.69) is 13.2 Å². The molecule has 0 aliphatic carbocycles. The van der Waals surface area contributed by atoms with E-state index in [-0.39, 0.29) is 11.9 Å². The standard InChI is InChI=1S/C33H34O6/c1-7-21(4)31(34)37-27-15-10-24(11-16-27)26-14-19-29(30(20-26)39-33(36)23(6)9-3)25-12-17-28(18-13-25)38-32(35)22(5)8-2/h10-21H,5-9H2,1-4H3. The molecule has 3 aromatic carbocycles. The Morgan fingerprint density at radius 1 is 0.667 bits per heavy atom. The topological polar surface area (TPSA) is 78.9 Å². The van der Waals surface area contributed by atoms with Crippen LogP contribution in [0, 0.1) is 5.92 Å². The molecule has 0 aromatic heterocycles. The molecule has 3 rings (SSSR count). The third-order valence-corrected chi connectivity index (χ3v) is 6.41. The van der Waals surface area contributed by atoms with Gasteiger partial charge in [0.25, 0.3) is 0 Å². The monoisotopic (exact) mass is 526 g/mol. The molecule has 6 nitrogen and oxygen atoms in total. The van der Waals surface area contributed by atoms with Gasteiger partial charge in [-0.15, -0.1) is 0 Å². The summed E-state index contributed by atoms with van der Waals surface area (Å²) in [6.07, 6.45) is 1.68. The van der Waals surface area contributed by atoms with E-state index in [1.807, 2.05) is 52.0 Å². The van der Waals surface area contributed by atoms with Crippen LogP contribution in [-0.4, -0.2) is 17.9 Å². The maximum absolute atomic E-state index is 12.6. The van der Waals surface area contributed by atoms with Gasteiger partial charge in [-0.25, -0.2) is 9.59 Å².